The van der Waals surface area contributed by atoms with E-state index in [0.717, 1.165) is 30.0 Å². The van der Waals surface area contributed by atoms with E-state index in [9.17, 15) is 14.4 Å². The van der Waals surface area contributed by atoms with Gasteiger partial charge >= 0.3 is 5.97 Å². The highest BCUT2D eigenvalue weighted by molar-refractivity contribution is 14.1. The fraction of sp³-hybridized carbons (Fsp3) is 0.227. The monoisotopic (exact) mass is 679 g/mol. The van der Waals surface area contributed by atoms with Gasteiger partial charge < -0.3 is 14.6 Å². The Morgan fingerprint density at radius 3 is 2.41 bits per heavy atom. The maximum atomic E-state index is 12.6. The fourth-order valence-electron chi connectivity index (χ4n) is 2.91. The molecule has 1 fully saturated rings. The molecular weight excluding hydrogens is 660 g/mol. The second kappa shape index (κ2) is 11.5. The predicted octanol–water partition coefficient (Wildman–Crippen LogP) is 5.25. The summed E-state index contributed by atoms with van der Waals surface area (Å²) in [5, 5.41) is 8.72. The number of imide groups is 1. The Morgan fingerprint density at radius 2 is 1.81 bits per heavy atom. The average molecular weight is 679 g/mol. The molecule has 168 valence electrons. The molecule has 0 bridgehead atoms. The minimum absolute atomic E-state index is 0.227. The van der Waals surface area contributed by atoms with Crippen molar-refractivity contribution in [3.05, 3.63) is 65.1 Å². The maximum Gasteiger partial charge on any atom is 0.335 e. The first-order valence-electron chi connectivity index (χ1n) is 9.48. The number of hydrogen-bond acceptors (Lipinski definition) is 6. The normalized spacial score (nSPS) is 15.0. The van der Waals surface area contributed by atoms with E-state index in [2.05, 4.69) is 45.2 Å². The van der Waals surface area contributed by atoms with Gasteiger partial charge in [0.1, 0.15) is 12.4 Å². The number of aromatic carboxylic acids is 1. The summed E-state index contributed by atoms with van der Waals surface area (Å²) in [5.41, 5.74) is 1.89. The minimum atomic E-state index is -0.968. The molecule has 3 rings (SSSR count). The number of benzene rings is 2. The summed E-state index contributed by atoms with van der Waals surface area (Å²) in [7, 11) is 1.58. The van der Waals surface area contributed by atoms with Gasteiger partial charge in [-0.25, -0.2) is 4.79 Å². The van der Waals surface area contributed by atoms with E-state index in [-0.39, 0.29) is 16.7 Å². The molecule has 1 aliphatic rings. The lowest BCUT2D eigenvalue weighted by Crippen LogP contribution is -2.29. The van der Waals surface area contributed by atoms with Crippen LogP contribution >= 0.6 is 56.9 Å². The van der Waals surface area contributed by atoms with Gasteiger partial charge in [0, 0.05) is 20.3 Å². The first-order chi connectivity index (χ1) is 15.3. The maximum absolute atomic E-state index is 12.6. The molecule has 10 heteroatoms. The number of amides is 2. The highest BCUT2D eigenvalue weighted by Gasteiger charge is 2.34. The van der Waals surface area contributed by atoms with Gasteiger partial charge in [-0.2, -0.15) is 0 Å². The number of nitrogens with zero attached hydrogens (tertiary/aromatic N) is 1. The highest BCUT2D eigenvalue weighted by atomic mass is 127. The van der Waals surface area contributed by atoms with E-state index in [4.69, 9.17) is 14.6 Å². The number of carboxylic acid groups (broad SMARTS) is 1. The van der Waals surface area contributed by atoms with Gasteiger partial charge in [-0.05, 0) is 105 Å². The molecule has 7 nitrogen and oxygen atoms in total. The van der Waals surface area contributed by atoms with Crippen LogP contribution in [-0.2, 0) is 16.1 Å². The number of carbonyl (C=O) groups excluding carboxylic acids is 2. The topological polar surface area (TPSA) is 93.1 Å². The SMILES string of the molecule is COCCCN1C(=O)S/C(=C/c2cc(I)c(OCc3ccc(C(=O)O)cc3)c(I)c2)C1=O. The van der Waals surface area contributed by atoms with Crippen molar-refractivity contribution >= 4 is 80.1 Å². The number of carbonyl (C=O) groups is 3. The molecule has 2 aromatic rings. The zero-order valence-electron chi connectivity index (χ0n) is 17.0. The van der Waals surface area contributed by atoms with Gasteiger partial charge in [0.25, 0.3) is 11.1 Å². The van der Waals surface area contributed by atoms with Crippen LogP contribution in [0, 0.1) is 7.14 Å². The number of ether oxygens (including phenoxy) is 2. The molecule has 32 heavy (non-hydrogen) atoms. The lowest BCUT2D eigenvalue weighted by Gasteiger charge is -2.12. The molecule has 0 atom stereocenters. The van der Waals surface area contributed by atoms with Crippen LogP contribution in [0.2, 0.25) is 0 Å². The smallest absolute Gasteiger partial charge is 0.335 e. The van der Waals surface area contributed by atoms with Crippen LogP contribution in [0.4, 0.5) is 4.79 Å². The Labute approximate surface area is 216 Å². The van der Waals surface area contributed by atoms with Crippen molar-refractivity contribution in [1.29, 1.82) is 0 Å². The third-order valence-electron chi connectivity index (χ3n) is 4.51. The quantitative estimate of drug-likeness (QED) is 0.220. The van der Waals surface area contributed by atoms with Crippen molar-refractivity contribution in [3.63, 3.8) is 0 Å². The molecule has 2 amide bonds. The third kappa shape index (κ3) is 6.23. The van der Waals surface area contributed by atoms with Gasteiger partial charge in [0.15, 0.2) is 0 Å². The van der Waals surface area contributed by atoms with E-state index in [1.165, 1.54) is 4.90 Å². The van der Waals surface area contributed by atoms with E-state index < -0.39 is 5.97 Å². The summed E-state index contributed by atoms with van der Waals surface area (Å²) in [6.45, 7) is 1.12. The number of carboxylic acids is 1. The van der Waals surface area contributed by atoms with E-state index in [1.54, 1.807) is 37.5 Å². The van der Waals surface area contributed by atoms with Crippen molar-refractivity contribution in [1.82, 2.24) is 4.90 Å². The van der Waals surface area contributed by atoms with E-state index >= 15 is 0 Å². The Balaban J connectivity index is 1.70. The summed E-state index contributed by atoms with van der Waals surface area (Å²) >= 11 is 5.28. The minimum Gasteiger partial charge on any atom is -0.487 e. The highest BCUT2D eigenvalue weighted by Crippen LogP contribution is 2.35. The standard InChI is InChI=1S/C22H19I2NO6S/c1-30-8-2-7-25-20(26)18(32-22(25)29)11-14-9-16(23)19(17(24)10-14)31-12-13-3-5-15(6-4-13)21(27)28/h3-6,9-11H,2,7-8,12H2,1H3,(H,27,28)/b18-11+. The summed E-state index contributed by atoms with van der Waals surface area (Å²) in [4.78, 5) is 37.4. The van der Waals surface area contributed by atoms with Crippen molar-refractivity contribution < 1.29 is 29.0 Å². The van der Waals surface area contributed by atoms with Gasteiger partial charge in [-0.3, -0.25) is 14.5 Å². The molecule has 0 aromatic heterocycles. The summed E-state index contributed by atoms with van der Waals surface area (Å²) in [5.74, 6) is -0.547. The van der Waals surface area contributed by atoms with Crippen LogP contribution in [0.15, 0.2) is 41.3 Å². The molecule has 0 spiro atoms. The molecular formula is C22H19I2NO6S. The zero-order chi connectivity index (χ0) is 23.3. The number of hydrogen-bond donors (Lipinski definition) is 1. The van der Waals surface area contributed by atoms with E-state index in [0.29, 0.717) is 36.8 Å². The number of rotatable bonds is 9. The predicted molar refractivity (Wildman–Crippen MR) is 139 cm³/mol. The lowest BCUT2D eigenvalue weighted by molar-refractivity contribution is -0.122. The van der Waals surface area contributed by atoms with Crippen LogP contribution in [0.5, 0.6) is 5.75 Å². The Bertz CT molecular complexity index is 1050. The number of halogens is 2. The first-order valence-corrected chi connectivity index (χ1v) is 12.5. The largest absolute Gasteiger partial charge is 0.487 e. The Morgan fingerprint density at radius 1 is 1.16 bits per heavy atom. The number of thioether (sulfide) groups is 1. The van der Waals surface area contributed by atoms with Crippen molar-refractivity contribution in [3.8, 4) is 5.75 Å². The molecule has 0 saturated carbocycles. The second-order valence-corrected chi connectivity index (χ2v) is 10.1. The van der Waals surface area contributed by atoms with Crippen LogP contribution in [0.25, 0.3) is 6.08 Å². The molecule has 0 unspecified atom stereocenters. The summed E-state index contributed by atoms with van der Waals surface area (Å²) in [6, 6.07) is 10.3. The molecule has 2 aromatic carbocycles. The van der Waals surface area contributed by atoms with Crippen LogP contribution in [-0.4, -0.2) is 47.4 Å². The average Bonchev–Trinajstić information content (AvgIpc) is 3.01. The molecule has 1 heterocycles. The molecule has 1 N–H and O–H groups in total. The first kappa shape index (κ1) is 25.0. The summed E-state index contributed by atoms with van der Waals surface area (Å²) in [6.07, 6.45) is 2.32. The summed E-state index contributed by atoms with van der Waals surface area (Å²) < 4.78 is 12.7. The Hall–Kier alpha value is -1.64. The van der Waals surface area contributed by atoms with Gasteiger partial charge in [-0.1, -0.05) is 12.1 Å². The molecule has 1 saturated heterocycles. The lowest BCUT2D eigenvalue weighted by atomic mass is 10.1. The third-order valence-corrected chi connectivity index (χ3v) is 7.02. The van der Waals surface area contributed by atoms with Crippen LogP contribution in [0.1, 0.15) is 27.9 Å². The fourth-order valence-corrected chi connectivity index (χ4v) is 5.90. The number of methoxy groups -OCH3 is 1. The van der Waals surface area contributed by atoms with Crippen molar-refractivity contribution in [2.45, 2.75) is 13.0 Å². The molecule has 0 aliphatic carbocycles. The van der Waals surface area contributed by atoms with E-state index in [1.807, 2.05) is 12.1 Å². The van der Waals surface area contributed by atoms with Gasteiger partial charge in [0.2, 0.25) is 0 Å². The zero-order valence-corrected chi connectivity index (χ0v) is 22.1. The van der Waals surface area contributed by atoms with Crippen LogP contribution in [0.3, 0.4) is 0 Å². The Kier molecular flexibility index (Phi) is 8.96. The van der Waals surface area contributed by atoms with Crippen molar-refractivity contribution in [2.75, 3.05) is 20.3 Å². The molecule has 1 aliphatic heterocycles. The van der Waals surface area contributed by atoms with Crippen LogP contribution < -0.4 is 4.74 Å². The van der Waals surface area contributed by atoms with Gasteiger partial charge in [0.05, 0.1) is 17.6 Å². The molecule has 0 radical (unpaired) electrons. The van der Waals surface area contributed by atoms with Crippen molar-refractivity contribution in [2.24, 2.45) is 0 Å². The van der Waals surface area contributed by atoms with Gasteiger partial charge in [-0.15, -0.1) is 0 Å². The second-order valence-electron chi connectivity index (χ2n) is 6.78.